The highest BCUT2D eigenvalue weighted by Crippen LogP contribution is 2.19. The molecule has 0 radical (unpaired) electrons. The van der Waals surface area contributed by atoms with Crippen LogP contribution >= 0.6 is 0 Å². The van der Waals surface area contributed by atoms with Crippen LogP contribution in [0.1, 0.15) is 21.6 Å². The summed E-state index contributed by atoms with van der Waals surface area (Å²) in [7, 11) is 0. The fraction of sp³-hybridized carbons (Fsp3) is 0.158. The number of amides is 1. The molecule has 128 valence electrons. The largest absolute Gasteiger partial charge is 0.471 e. The van der Waals surface area contributed by atoms with Crippen molar-refractivity contribution in [2.75, 3.05) is 5.32 Å². The third kappa shape index (κ3) is 4.03. The minimum absolute atomic E-state index is 0.119. The van der Waals surface area contributed by atoms with Crippen LogP contribution in [0.3, 0.4) is 0 Å². The Bertz CT molecular complexity index is 905. The van der Waals surface area contributed by atoms with Crippen molar-refractivity contribution in [2.45, 2.75) is 20.6 Å². The highest BCUT2D eigenvalue weighted by molar-refractivity contribution is 6.02. The topological polar surface area (TPSA) is 56.1 Å². The average molecular weight is 339 g/mol. The predicted molar refractivity (Wildman–Crippen MR) is 93.1 cm³/mol. The van der Waals surface area contributed by atoms with Crippen molar-refractivity contribution in [1.29, 1.82) is 0 Å². The number of hydrogen-bond acceptors (Lipinski definition) is 3. The first-order valence-electron chi connectivity index (χ1n) is 7.82. The molecule has 0 saturated carbocycles. The van der Waals surface area contributed by atoms with Gasteiger partial charge in [-0.2, -0.15) is 5.10 Å². The lowest BCUT2D eigenvalue weighted by atomic mass is 10.1. The van der Waals surface area contributed by atoms with Crippen LogP contribution in [0.2, 0.25) is 0 Å². The Kier molecular flexibility index (Phi) is 4.79. The van der Waals surface area contributed by atoms with Crippen molar-refractivity contribution in [2.24, 2.45) is 0 Å². The number of carbonyl (C=O) groups excluding carboxylic acids is 1. The first-order chi connectivity index (χ1) is 12.0. The molecule has 0 fully saturated rings. The number of hydrogen-bond donors (Lipinski definition) is 1. The quantitative estimate of drug-likeness (QED) is 0.766. The maximum Gasteiger partial charge on any atom is 0.276 e. The van der Waals surface area contributed by atoms with Gasteiger partial charge in [0.1, 0.15) is 11.6 Å². The molecule has 0 atom stereocenters. The van der Waals surface area contributed by atoms with Gasteiger partial charge in [0.15, 0.2) is 12.4 Å². The van der Waals surface area contributed by atoms with Gasteiger partial charge in [-0.25, -0.2) is 9.07 Å². The molecule has 1 N–H and O–H groups in total. The highest BCUT2D eigenvalue weighted by Gasteiger charge is 2.12. The molecule has 0 saturated heterocycles. The van der Waals surface area contributed by atoms with Gasteiger partial charge in [0.2, 0.25) is 0 Å². The fourth-order valence-electron chi connectivity index (χ4n) is 2.40. The minimum Gasteiger partial charge on any atom is -0.471 e. The van der Waals surface area contributed by atoms with Gasteiger partial charge in [0.05, 0.1) is 5.69 Å². The Balaban J connectivity index is 1.64. The van der Waals surface area contributed by atoms with Crippen LogP contribution in [0.5, 0.6) is 5.75 Å². The first-order valence-corrected chi connectivity index (χ1v) is 7.82. The molecule has 2 aromatic carbocycles. The molecule has 25 heavy (non-hydrogen) atoms. The number of benzene rings is 2. The van der Waals surface area contributed by atoms with Gasteiger partial charge in [-0.15, -0.1) is 0 Å². The van der Waals surface area contributed by atoms with Crippen molar-refractivity contribution in [3.8, 4) is 5.75 Å². The number of nitrogens with zero attached hydrogens (tertiary/aromatic N) is 2. The van der Waals surface area contributed by atoms with Crippen molar-refractivity contribution < 1.29 is 13.9 Å². The van der Waals surface area contributed by atoms with Crippen molar-refractivity contribution >= 4 is 11.6 Å². The summed E-state index contributed by atoms with van der Waals surface area (Å²) in [4.78, 5) is 12.2. The normalized spacial score (nSPS) is 10.5. The van der Waals surface area contributed by atoms with E-state index < -0.39 is 11.7 Å². The molecule has 5 nitrogen and oxygen atoms in total. The van der Waals surface area contributed by atoms with E-state index in [2.05, 4.69) is 10.4 Å². The summed E-state index contributed by atoms with van der Waals surface area (Å²) in [6.45, 7) is 4.17. The molecule has 1 amide bonds. The van der Waals surface area contributed by atoms with E-state index in [-0.39, 0.29) is 18.1 Å². The van der Waals surface area contributed by atoms with E-state index in [1.54, 1.807) is 24.4 Å². The lowest BCUT2D eigenvalue weighted by molar-refractivity contribution is 0.101. The van der Waals surface area contributed by atoms with Crippen LogP contribution in [0.15, 0.2) is 54.7 Å². The third-order valence-corrected chi connectivity index (χ3v) is 3.68. The average Bonchev–Trinajstić information content (AvgIpc) is 3.05. The van der Waals surface area contributed by atoms with Crippen LogP contribution in [-0.4, -0.2) is 15.7 Å². The van der Waals surface area contributed by atoms with E-state index in [1.807, 2.05) is 32.0 Å². The van der Waals surface area contributed by atoms with Crippen LogP contribution in [-0.2, 0) is 6.73 Å². The summed E-state index contributed by atoms with van der Waals surface area (Å²) < 4.78 is 20.8. The van der Waals surface area contributed by atoms with Crippen molar-refractivity contribution in [3.05, 3.63) is 77.4 Å². The fourth-order valence-corrected chi connectivity index (χ4v) is 2.40. The van der Waals surface area contributed by atoms with Crippen LogP contribution in [0, 0.1) is 19.7 Å². The van der Waals surface area contributed by atoms with Crippen LogP contribution in [0.25, 0.3) is 0 Å². The van der Waals surface area contributed by atoms with Crippen LogP contribution < -0.4 is 10.1 Å². The highest BCUT2D eigenvalue weighted by atomic mass is 19.1. The van der Waals surface area contributed by atoms with E-state index >= 15 is 0 Å². The van der Waals surface area contributed by atoms with E-state index in [9.17, 15) is 9.18 Å². The number of rotatable bonds is 5. The monoisotopic (exact) mass is 339 g/mol. The number of nitrogens with one attached hydrogen (secondary N) is 1. The second-order valence-electron chi connectivity index (χ2n) is 5.72. The van der Waals surface area contributed by atoms with E-state index in [0.29, 0.717) is 0 Å². The first kappa shape index (κ1) is 16.7. The van der Waals surface area contributed by atoms with Gasteiger partial charge < -0.3 is 10.1 Å². The molecule has 0 bridgehead atoms. The zero-order valence-electron chi connectivity index (χ0n) is 14.0. The number of carbonyl (C=O) groups is 1. The number of anilines is 1. The summed E-state index contributed by atoms with van der Waals surface area (Å²) in [5, 5.41) is 6.65. The molecular weight excluding hydrogens is 321 g/mol. The van der Waals surface area contributed by atoms with E-state index in [1.165, 1.54) is 16.8 Å². The van der Waals surface area contributed by atoms with Gasteiger partial charge >= 0.3 is 0 Å². The number of aryl methyl sites for hydroxylation is 2. The third-order valence-electron chi connectivity index (χ3n) is 3.68. The molecule has 1 aromatic heterocycles. The Labute approximate surface area is 145 Å². The van der Waals surface area contributed by atoms with Crippen molar-refractivity contribution in [1.82, 2.24) is 9.78 Å². The number of ether oxygens (including phenoxy) is 1. The SMILES string of the molecule is Cc1ccc(OCn2ccc(C(=O)Nc3ccccc3F)n2)c(C)c1. The molecule has 0 unspecified atom stereocenters. The number of para-hydroxylation sites is 1. The van der Waals surface area contributed by atoms with Gasteiger partial charge in [0.25, 0.3) is 5.91 Å². The lowest BCUT2D eigenvalue weighted by Gasteiger charge is -2.09. The molecule has 0 spiro atoms. The number of aromatic nitrogens is 2. The van der Waals surface area contributed by atoms with Gasteiger partial charge in [-0.1, -0.05) is 29.8 Å². The molecule has 6 heteroatoms. The zero-order chi connectivity index (χ0) is 17.8. The standard InChI is InChI=1S/C19H18FN3O2/c1-13-7-8-18(14(2)11-13)25-12-23-10-9-17(22-23)19(24)21-16-6-4-3-5-15(16)20/h3-11H,12H2,1-2H3,(H,21,24). The molecule has 0 aliphatic heterocycles. The molecule has 3 aromatic rings. The second kappa shape index (κ2) is 7.17. The smallest absolute Gasteiger partial charge is 0.276 e. The zero-order valence-corrected chi connectivity index (χ0v) is 14.0. The van der Waals surface area contributed by atoms with Gasteiger partial charge in [0, 0.05) is 6.20 Å². The Hall–Kier alpha value is -3.15. The molecule has 1 heterocycles. The maximum absolute atomic E-state index is 13.6. The summed E-state index contributed by atoms with van der Waals surface area (Å²) in [6.07, 6.45) is 1.64. The molecular formula is C19H18FN3O2. The number of halogens is 1. The van der Waals surface area contributed by atoms with Crippen LogP contribution in [0.4, 0.5) is 10.1 Å². The molecule has 0 aliphatic carbocycles. The summed E-state index contributed by atoms with van der Waals surface area (Å²) in [5.74, 6) is -0.206. The van der Waals surface area contributed by atoms with Crippen molar-refractivity contribution in [3.63, 3.8) is 0 Å². The van der Waals surface area contributed by atoms with Gasteiger partial charge in [-0.05, 0) is 43.7 Å². The minimum atomic E-state index is -0.492. The second-order valence-corrected chi connectivity index (χ2v) is 5.72. The molecule has 0 aliphatic rings. The Morgan fingerprint density at radius 1 is 1.20 bits per heavy atom. The summed E-state index contributed by atoms with van der Waals surface area (Å²) in [5.41, 5.74) is 2.50. The predicted octanol–water partition coefficient (Wildman–Crippen LogP) is 3.93. The summed E-state index contributed by atoms with van der Waals surface area (Å²) >= 11 is 0. The molecule has 3 rings (SSSR count). The van der Waals surface area contributed by atoms with E-state index in [4.69, 9.17) is 4.74 Å². The Morgan fingerprint density at radius 3 is 2.76 bits per heavy atom. The maximum atomic E-state index is 13.6. The van der Waals surface area contributed by atoms with Gasteiger partial charge in [-0.3, -0.25) is 4.79 Å². The Morgan fingerprint density at radius 2 is 2.00 bits per heavy atom. The van der Waals surface area contributed by atoms with E-state index in [0.717, 1.165) is 16.9 Å². The lowest BCUT2D eigenvalue weighted by Crippen LogP contribution is -2.15. The summed E-state index contributed by atoms with van der Waals surface area (Å²) in [6, 6.07) is 13.4.